The first-order valence-electron chi connectivity index (χ1n) is 5.97. The number of benzene rings is 2. The topological polar surface area (TPSA) is 46.4 Å². The van der Waals surface area contributed by atoms with Gasteiger partial charge >= 0.3 is 5.69 Å². The van der Waals surface area contributed by atoms with E-state index < -0.39 is 16.4 Å². The average molecular weight is 258 g/mol. The van der Waals surface area contributed by atoms with E-state index in [4.69, 9.17) is 0 Å². The number of rotatable bonds is 2. The molecule has 0 radical (unpaired) electrons. The fourth-order valence-electron chi connectivity index (χ4n) is 2.49. The van der Waals surface area contributed by atoms with Gasteiger partial charge in [-0.25, -0.2) is 0 Å². The van der Waals surface area contributed by atoms with Crippen LogP contribution in [0.3, 0.4) is 0 Å². The van der Waals surface area contributed by atoms with Crippen LogP contribution in [0.1, 0.15) is 5.56 Å². The van der Waals surface area contributed by atoms with Gasteiger partial charge in [-0.05, 0) is 30.2 Å². The van der Waals surface area contributed by atoms with Gasteiger partial charge in [0.15, 0.2) is 0 Å². The minimum absolute atomic E-state index is 0.315. The molecule has 0 aromatic heterocycles. The van der Waals surface area contributed by atoms with Crippen molar-refractivity contribution in [1.29, 1.82) is 0 Å². The number of fused-ring (bicyclic) bond motifs is 1. The van der Waals surface area contributed by atoms with E-state index in [2.05, 4.69) is 0 Å². The van der Waals surface area contributed by atoms with Crippen molar-refractivity contribution in [1.82, 2.24) is 0 Å². The summed E-state index contributed by atoms with van der Waals surface area (Å²) in [4.78, 5) is 12.2. The zero-order chi connectivity index (χ0) is 13.4. The molecule has 19 heavy (non-hydrogen) atoms. The molecule has 0 fully saturated rings. The van der Waals surface area contributed by atoms with Crippen molar-refractivity contribution in [2.45, 2.75) is 6.42 Å². The molecule has 0 aliphatic carbocycles. The van der Waals surface area contributed by atoms with Crippen molar-refractivity contribution in [3.05, 3.63) is 64.0 Å². The SMILES string of the molecule is O=[N+]([O-])c1c(F)cccc1N1CCc2ccccc21. The van der Waals surface area contributed by atoms with Crippen molar-refractivity contribution in [3.8, 4) is 0 Å². The van der Waals surface area contributed by atoms with Gasteiger partial charge in [-0.3, -0.25) is 10.1 Å². The van der Waals surface area contributed by atoms with Crippen LogP contribution in [0.4, 0.5) is 21.5 Å². The second-order valence-electron chi connectivity index (χ2n) is 4.40. The Hall–Kier alpha value is -2.43. The van der Waals surface area contributed by atoms with E-state index in [1.54, 1.807) is 11.0 Å². The number of halogens is 1. The Kier molecular flexibility index (Phi) is 2.67. The highest BCUT2D eigenvalue weighted by Crippen LogP contribution is 2.39. The van der Waals surface area contributed by atoms with Crippen molar-refractivity contribution < 1.29 is 9.31 Å². The lowest BCUT2D eigenvalue weighted by molar-refractivity contribution is -0.386. The molecule has 0 spiro atoms. The van der Waals surface area contributed by atoms with E-state index in [9.17, 15) is 14.5 Å². The lowest BCUT2D eigenvalue weighted by Crippen LogP contribution is -2.15. The van der Waals surface area contributed by atoms with E-state index >= 15 is 0 Å². The molecule has 2 aromatic carbocycles. The molecule has 0 amide bonds. The van der Waals surface area contributed by atoms with Crippen molar-refractivity contribution in [3.63, 3.8) is 0 Å². The Morgan fingerprint density at radius 1 is 1.11 bits per heavy atom. The molecule has 1 heterocycles. The van der Waals surface area contributed by atoms with E-state index in [0.29, 0.717) is 12.2 Å². The average Bonchev–Trinajstić information content (AvgIpc) is 2.81. The molecule has 0 N–H and O–H groups in total. The fourth-order valence-corrected chi connectivity index (χ4v) is 2.49. The Bertz CT molecular complexity index is 658. The summed E-state index contributed by atoms with van der Waals surface area (Å²) in [6.07, 6.45) is 0.809. The summed E-state index contributed by atoms with van der Waals surface area (Å²) in [7, 11) is 0. The number of hydrogen-bond donors (Lipinski definition) is 0. The maximum Gasteiger partial charge on any atom is 0.328 e. The Labute approximate surface area is 109 Å². The molecule has 96 valence electrons. The summed E-state index contributed by atoms with van der Waals surface area (Å²) in [6, 6.07) is 11.9. The second kappa shape index (κ2) is 4.35. The molecule has 0 saturated carbocycles. The van der Waals surface area contributed by atoms with E-state index in [1.165, 1.54) is 6.07 Å². The first kappa shape index (κ1) is 11.6. The van der Waals surface area contributed by atoms with Gasteiger partial charge in [0.25, 0.3) is 0 Å². The minimum Gasteiger partial charge on any atom is -0.335 e. The lowest BCUT2D eigenvalue weighted by Gasteiger charge is -2.19. The number of hydrogen-bond acceptors (Lipinski definition) is 3. The van der Waals surface area contributed by atoms with Crippen LogP contribution in [0.2, 0.25) is 0 Å². The van der Waals surface area contributed by atoms with Crippen LogP contribution < -0.4 is 4.90 Å². The van der Waals surface area contributed by atoms with Gasteiger partial charge in [0, 0.05) is 12.2 Å². The van der Waals surface area contributed by atoms with Crippen LogP contribution in [0.15, 0.2) is 42.5 Å². The zero-order valence-electron chi connectivity index (χ0n) is 10.0. The number of nitro benzene ring substituents is 1. The summed E-state index contributed by atoms with van der Waals surface area (Å²) in [6.45, 7) is 0.629. The summed E-state index contributed by atoms with van der Waals surface area (Å²) in [5.41, 5.74) is 1.89. The van der Waals surface area contributed by atoms with Crippen molar-refractivity contribution in [2.75, 3.05) is 11.4 Å². The van der Waals surface area contributed by atoms with Crippen LogP contribution in [-0.4, -0.2) is 11.5 Å². The molecule has 2 aromatic rings. The smallest absolute Gasteiger partial charge is 0.328 e. The number of nitro groups is 1. The predicted molar refractivity (Wildman–Crippen MR) is 70.2 cm³/mol. The maximum atomic E-state index is 13.7. The summed E-state index contributed by atoms with van der Waals surface area (Å²) in [5, 5.41) is 11.1. The molecule has 3 rings (SSSR count). The largest absolute Gasteiger partial charge is 0.335 e. The first-order chi connectivity index (χ1) is 9.18. The third-order valence-corrected chi connectivity index (χ3v) is 3.33. The fraction of sp³-hybridized carbons (Fsp3) is 0.143. The van der Waals surface area contributed by atoms with Gasteiger partial charge in [-0.1, -0.05) is 24.3 Å². The lowest BCUT2D eigenvalue weighted by atomic mass is 10.2. The van der Waals surface area contributed by atoms with Crippen molar-refractivity contribution in [2.24, 2.45) is 0 Å². The number of nitrogens with zero attached hydrogens (tertiary/aromatic N) is 2. The molecule has 0 atom stereocenters. The van der Waals surface area contributed by atoms with Gasteiger partial charge in [-0.15, -0.1) is 0 Å². The van der Waals surface area contributed by atoms with Crippen molar-refractivity contribution >= 4 is 17.1 Å². The zero-order valence-corrected chi connectivity index (χ0v) is 10.0. The predicted octanol–water partition coefficient (Wildman–Crippen LogP) is 3.43. The van der Waals surface area contributed by atoms with Gasteiger partial charge in [-0.2, -0.15) is 4.39 Å². The Balaban J connectivity index is 2.15. The standard InChI is InChI=1S/C14H11FN2O2/c15-11-5-3-7-13(14(11)17(18)19)16-9-8-10-4-1-2-6-12(10)16/h1-7H,8-9H2. The molecule has 1 aliphatic heterocycles. The molecule has 0 saturated heterocycles. The summed E-state index contributed by atoms with van der Waals surface area (Å²) in [5.74, 6) is -0.799. The van der Waals surface area contributed by atoms with Gasteiger partial charge in [0.1, 0.15) is 5.69 Å². The Morgan fingerprint density at radius 2 is 1.84 bits per heavy atom. The third kappa shape index (κ3) is 1.83. The first-order valence-corrected chi connectivity index (χ1v) is 5.97. The second-order valence-corrected chi connectivity index (χ2v) is 4.40. The molecule has 4 nitrogen and oxygen atoms in total. The molecule has 0 unspecified atom stereocenters. The van der Waals surface area contributed by atoms with Gasteiger partial charge in [0.05, 0.1) is 4.92 Å². The van der Waals surface area contributed by atoms with E-state index in [0.717, 1.165) is 23.7 Å². The molecule has 1 aliphatic rings. The van der Waals surface area contributed by atoms with Crippen LogP contribution in [0, 0.1) is 15.9 Å². The highest BCUT2D eigenvalue weighted by atomic mass is 19.1. The normalized spacial score (nSPS) is 13.4. The maximum absolute atomic E-state index is 13.7. The molecular formula is C14H11FN2O2. The third-order valence-electron chi connectivity index (χ3n) is 3.33. The molecule has 5 heteroatoms. The van der Waals surface area contributed by atoms with Crippen LogP contribution in [0.25, 0.3) is 0 Å². The minimum atomic E-state index is -0.799. The monoisotopic (exact) mass is 258 g/mol. The van der Waals surface area contributed by atoms with Crippen LogP contribution in [0.5, 0.6) is 0 Å². The van der Waals surface area contributed by atoms with Gasteiger partial charge < -0.3 is 4.90 Å². The Morgan fingerprint density at radius 3 is 2.63 bits per heavy atom. The van der Waals surface area contributed by atoms with Crippen LogP contribution in [-0.2, 0) is 6.42 Å². The van der Waals surface area contributed by atoms with E-state index in [1.807, 2.05) is 24.3 Å². The molecular weight excluding hydrogens is 247 g/mol. The summed E-state index contributed by atoms with van der Waals surface area (Å²) < 4.78 is 13.7. The van der Waals surface area contributed by atoms with Gasteiger partial charge in [0.2, 0.25) is 5.82 Å². The van der Waals surface area contributed by atoms with E-state index in [-0.39, 0.29) is 0 Å². The molecule has 0 bridgehead atoms. The highest BCUT2D eigenvalue weighted by Gasteiger charge is 2.28. The highest BCUT2D eigenvalue weighted by molar-refractivity contribution is 5.76. The van der Waals surface area contributed by atoms with Crippen LogP contribution >= 0.6 is 0 Å². The number of para-hydroxylation sites is 2. The number of anilines is 2. The quantitative estimate of drug-likeness (QED) is 0.612. The summed E-state index contributed by atoms with van der Waals surface area (Å²) >= 11 is 0.